The summed E-state index contributed by atoms with van der Waals surface area (Å²) >= 11 is 5.52. The van der Waals surface area contributed by atoms with Crippen LogP contribution in [-0.4, -0.2) is 39.0 Å². The molecule has 1 aliphatic heterocycles. The van der Waals surface area contributed by atoms with Gasteiger partial charge in [0.15, 0.2) is 0 Å². The summed E-state index contributed by atoms with van der Waals surface area (Å²) in [7, 11) is -4.03. The van der Waals surface area contributed by atoms with E-state index in [1.54, 1.807) is 0 Å². The topological polar surface area (TPSA) is 49.4 Å². The zero-order valence-electron chi connectivity index (χ0n) is 12.5. The lowest BCUT2D eigenvalue weighted by atomic mass is 10.1. The number of halogens is 4. The van der Waals surface area contributed by atoms with Crippen molar-refractivity contribution in [1.82, 2.24) is 9.62 Å². The third kappa shape index (κ3) is 4.59. The Morgan fingerprint density at radius 3 is 2.70 bits per heavy atom. The number of alkyl halides is 3. The summed E-state index contributed by atoms with van der Waals surface area (Å²) in [5.74, 6) is 0. The zero-order valence-corrected chi connectivity index (χ0v) is 14.1. The minimum absolute atomic E-state index is 0.307. The van der Waals surface area contributed by atoms with Crippen molar-refractivity contribution in [3.63, 3.8) is 0 Å². The molecule has 1 saturated heterocycles. The molecular weight excluding hydrogens is 353 g/mol. The summed E-state index contributed by atoms with van der Waals surface area (Å²) in [6, 6.07) is 2.31. The van der Waals surface area contributed by atoms with Gasteiger partial charge in [-0.25, -0.2) is 13.1 Å². The Morgan fingerprint density at radius 2 is 2.09 bits per heavy atom. The molecule has 23 heavy (non-hydrogen) atoms. The van der Waals surface area contributed by atoms with Gasteiger partial charge in [0.2, 0.25) is 10.0 Å². The van der Waals surface area contributed by atoms with E-state index in [1.165, 1.54) is 0 Å². The molecule has 2 rings (SSSR count). The van der Waals surface area contributed by atoms with Crippen LogP contribution < -0.4 is 4.72 Å². The molecule has 1 aromatic rings. The predicted molar refractivity (Wildman–Crippen MR) is 81.9 cm³/mol. The van der Waals surface area contributed by atoms with Gasteiger partial charge in [0.1, 0.15) is 0 Å². The van der Waals surface area contributed by atoms with Crippen molar-refractivity contribution >= 4 is 21.6 Å². The summed E-state index contributed by atoms with van der Waals surface area (Å²) < 4.78 is 65.8. The summed E-state index contributed by atoms with van der Waals surface area (Å²) in [4.78, 5) is 1.67. The van der Waals surface area contributed by atoms with Crippen molar-refractivity contribution in [2.24, 2.45) is 0 Å². The molecule has 0 spiro atoms. The van der Waals surface area contributed by atoms with Gasteiger partial charge in [0.05, 0.1) is 15.5 Å². The van der Waals surface area contributed by atoms with Crippen LogP contribution in [0.4, 0.5) is 13.2 Å². The second-order valence-electron chi connectivity index (χ2n) is 5.49. The van der Waals surface area contributed by atoms with E-state index in [9.17, 15) is 21.6 Å². The maximum Gasteiger partial charge on any atom is 0.417 e. The van der Waals surface area contributed by atoms with E-state index in [0.29, 0.717) is 19.0 Å². The second kappa shape index (κ2) is 6.96. The van der Waals surface area contributed by atoms with Crippen molar-refractivity contribution in [3.8, 4) is 0 Å². The molecule has 9 heteroatoms. The fraction of sp³-hybridized carbons (Fsp3) is 0.571. The minimum atomic E-state index is -4.70. The molecule has 1 aromatic carbocycles. The average molecular weight is 371 g/mol. The highest BCUT2D eigenvalue weighted by Crippen LogP contribution is 2.36. The van der Waals surface area contributed by atoms with Crippen molar-refractivity contribution in [2.45, 2.75) is 36.9 Å². The Morgan fingerprint density at radius 1 is 1.39 bits per heavy atom. The van der Waals surface area contributed by atoms with Crippen LogP contribution in [0.25, 0.3) is 0 Å². The van der Waals surface area contributed by atoms with Crippen LogP contribution in [0.3, 0.4) is 0 Å². The van der Waals surface area contributed by atoms with Gasteiger partial charge in [0.25, 0.3) is 0 Å². The van der Waals surface area contributed by atoms with E-state index in [-0.39, 0.29) is 6.04 Å². The third-order valence-corrected chi connectivity index (χ3v) is 5.68. The number of nitrogens with zero attached hydrogens (tertiary/aromatic N) is 1. The molecule has 1 aliphatic rings. The Bertz CT molecular complexity index is 664. The van der Waals surface area contributed by atoms with Gasteiger partial charge in [-0.2, -0.15) is 13.2 Å². The Hall–Kier alpha value is -0.830. The van der Waals surface area contributed by atoms with Gasteiger partial charge in [-0.05, 0) is 44.1 Å². The van der Waals surface area contributed by atoms with Crippen LogP contribution in [0.2, 0.25) is 5.02 Å². The van der Waals surface area contributed by atoms with Crippen LogP contribution in [0.15, 0.2) is 23.1 Å². The lowest BCUT2D eigenvalue weighted by Crippen LogP contribution is -2.47. The fourth-order valence-corrected chi connectivity index (χ4v) is 4.13. The molecule has 0 bridgehead atoms. The molecular formula is C14H18ClF3N2O2S. The first kappa shape index (κ1) is 18.5. The minimum Gasteiger partial charge on any atom is -0.302 e. The van der Waals surface area contributed by atoms with Crippen LogP contribution in [0.5, 0.6) is 0 Å². The lowest BCUT2D eigenvalue weighted by Gasteiger charge is -2.32. The monoisotopic (exact) mass is 370 g/mol. The van der Waals surface area contributed by atoms with E-state index in [1.807, 2.05) is 6.92 Å². The van der Waals surface area contributed by atoms with E-state index in [4.69, 9.17) is 11.6 Å². The highest BCUT2D eigenvalue weighted by atomic mass is 35.5. The van der Waals surface area contributed by atoms with Gasteiger partial charge in [0, 0.05) is 12.6 Å². The molecule has 1 N–H and O–H groups in total. The molecule has 0 unspecified atom stereocenters. The van der Waals surface area contributed by atoms with Crippen LogP contribution in [0.1, 0.15) is 25.3 Å². The number of hydrogen-bond donors (Lipinski definition) is 1. The van der Waals surface area contributed by atoms with Crippen LogP contribution in [0, 0.1) is 0 Å². The molecule has 0 amide bonds. The average Bonchev–Trinajstić information content (AvgIpc) is 2.46. The van der Waals surface area contributed by atoms with Crippen molar-refractivity contribution in [1.29, 1.82) is 0 Å². The number of likely N-dealkylation sites (N-methyl/N-ethyl adjacent to an activating group) is 1. The highest BCUT2D eigenvalue weighted by Gasteiger charge is 2.35. The third-order valence-electron chi connectivity index (χ3n) is 3.83. The van der Waals surface area contributed by atoms with Crippen molar-refractivity contribution < 1.29 is 21.6 Å². The fourth-order valence-electron chi connectivity index (χ4n) is 2.62. The molecule has 1 heterocycles. The molecule has 0 aromatic heterocycles. The molecule has 0 radical (unpaired) electrons. The predicted octanol–water partition coefficient (Wildman–Crippen LogP) is 3.12. The standard InChI is InChI=1S/C14H18ClF3N2O2S/c1-2-20-7-3-4-10(9-20)19-23(21,22)11-5-6-13(15)12(8-11)14(16,17)18/h5-6,8,10,19H,2-4,7,9H2,1H3/t10-/m0/s1. The number of sulfonamides is 1. The van der Waals surface area contributed by atoms with E-state index in [0.717, 1.165) is 31.6 Å². The van der Waals surface area contributed by atoms with Crippen LogP contribution in [-0.2, 0) is 16.2 Å². The summed E-state index contributed by atoms with van der Waals surface area (Å²) in [6.45, 7) is 4.23. The first-order valence-corrected chi connectivity index (χ1v) is 9.11. The first-order valence-electron chi connectivity index (χ1n) is 7.25. The summed E-state index contributed by atoms with van der Waals surface area (Å²) in [5, 5.41) is -0.522. The Kier molecular flexibility index (Phi) is 5.60. The Labute approximate surface area is 138 Å². The van der Waals surface area contributed by atoms with Crippen molar-refractivity contribution in [2.75, 3.05) is 19.6 Å². The number of likely N-dealkylation sites (tertiary alicyclic amines) is 1. The molecule has 0 saturated carbocycles. The van der Waals surface area contributed by atoms with E-state index < -0.39 is 31.7 Å². The molecule has 0 aliphatic carbocycles. The smallest absolute Gasteiger partial charge is 0.302 e. The van der Waals surface area contributed by atoms with Gasteiger partial charge in [-0.15, -0.1) is 0 Å². The lowest BCUT2D eigenvalue weighted by molar-refractivity contribution is -0.137. The van der Waals surface area contributed by atoms with Crippen LogP contribution >= 0.6 is 11.6 Å². The SMILES string of the molecule is CCN1CCC[C@H](NS(=O)(=O)c2ccc(Cl)c(C(F)(F)F)c2)C1. The van der Waals surface area contributed by atoms with Crippen molar-refractivity contribution in [3.05, 3.63) is 28.8 Å². The van der Waals surface area contributed by atoms with E-state index in [2.05, 4.69) is 9.62 Å². The van der Waals surface area contributed by atoms with Gasteiger partial charge < -0.3 is 4.90 Å². The van der Waals surface area contributed by atoms with Gasteiger partial charge in [-0.1, -0.05) is 18.5 Å². The maximum absolute atomic E-state index is 12.9. The highest BCUT2D eigenvalue weighted by molar-refractivity contribution is 7.89. The number of piperidine rings is 1. The summed E-state index contributed by atoms with van der Waals surface area (Å²) in [6.07, 6.45) is -3.20. The first-order chi connectivity index (χ1) is 10.6. The number of nitrogens with one attached hydrogen (secondary N) is 1. The largest absolute Gasteiger partial charge is 0.417 e. The quantitative estimate of drug-likeness (QED) is 0.886. The molecule has 1 atom stereocenters. The maximum atomic E-state index is 12.9. The number of benzene rings is 1. The van der Waals surface area contributed by atoms with E-state index >= 15 is 0 Å². The van der Waals surface area contributed by atoms with Gasteiger partial charge in [-0.3, -0.25) is 0 Å². The Balaban J connectivity index is 2.23. The normalized spacial score (nSPS) is 20.7. The number of rotatable bonds is 4. The molecule has 4 nitrogen and oxygen atoms in total. The second-order valence-corrected chi connectivity index (χ2v) is 7.61. The molecule has 130 valence electrons. The zero-order chi connectivity index (χ0) is 17.3. The summed E-state index contributed by atoms with van der Waals surface area (Å²) in [5.41, 5.74) is -1.15. The number of hydrogen-bond acceptors (Lipinski definition) is 3. The van der Waals surface area contributed by atoms with Gasteiger partial charge >= 0.3 is 6.18 Å². The molecule has 1 fully saturated rings.